The Balaban J connectivity index is 2.35. The van der Waals surface area contributed by atoms with Gasteiger partial charge >= 0.3 is 6.18 Å². The average molecular weight is 271 g/mol. The second-order valence-corrected chi connectivity index (χ2v) is 4.21. The van der Waals surface area contributed by atoms with Crippen LogP contribution in [0.4, 0.5) is 18.3 Å². The molecule has 0 aromatic carbocycles. The third-order valence-electron chi connectivity index (χ3n) is 1.78. The van der Waals surface area contributed by atoms with E-state index >= 15 is 0 Å². The molecule has 5 nitrogen and oxygen atoms in total. The molecule has 1 aromatic rings. The van der Waals surface area contributed by atoms with Gasteiger partial charge in [0, 0.05) is 13.7 Å². The summed E-state index contributed by atoms with van der Waals surface area (Å²) in [5.41, 5.74) is 0. The predicted molar refractivity (Wildman–Crippen MR) is 55.9 cm³/mol. The Morgan fingerprint density at radius 2 is 2.18 bits per heavy atom. The lowest BCUT2D eigenvalue weighted by Crippen LogP contribution is -2.18. The van der Waals surface area contributed by atoms with Crippen molar-refractivity contribution in [3.63, 3.8) is 0 Å². The van der Waals surface area contributed by atoms with Crippen molar-refractivity contribution < 1.29 is 23.0 Å². The van der Waals surface area contributed by atoms with Crippen LogP contribution in [-0.2, 0) is 10.9 Å². The third-order valence-corrected chi connectivity index (χ3v) is 2.71. The summed E-state index contributed by atoms with van der Waals surface area (Å²) in [5, 5.41) is 17.4. The number of rotatable bonds is 6. The van der Waals surface area contributed by atoms with E-state index in [2.05, 4.69) is 15.5 Å². The van der Waals surface area contributed by atoms with Crippen molar-refractivity contribution in [1.82, 2.24) is 10.2 Å². The van der Waals surface area contributed by atoms with Gasteiger partial charge in [0.15, 0.2) is 0 Å². The van der Waals surface area contributed by atoms with E-state index in [1.807, 2.05) is 0 Å². The number of nitrogens with zero attached hydrogens (tertiary/aromatic N) is 2. The second-order valence-electron chi connectivity index (χ2n) is 3.23. The van der Waals surface area contributed by atoms with Crippen molar-refractivity contribution in [2.45, 2.75) is 18.7 Å². The van der Waals surface area contributed by atoms with Gasteiger partial charge in [-0.05, 0) is 6.42 Å². The molecule has 0 aliphatic carbocycles. The first-order chi connectivity index (χ1) is 7.93. The summed E-state index contributed by atoms with van der Waals surface area (Å²) in [6, 6.07) is 0. The number of alkyl halides is 3. The van der Waals surface area contributed by atoms with Crippen LogP contribution in [0.3, 0.4) is 0 Å². The van der Waals surface area contributed by atoms with E-state index in [9.17, 15) is 18.3 Å². The summed E-state index contributed by atoms with van der Waals surface area (Å²) >= 11 is 0.434. The molecule has 1 aromatic heterocycles. The van der Waals surface area contributed by atoms with Crippen LogP contribution in [0.5, 0.6) is 0 Å². The van der Waals surface area contributed by atoms with Crippen LogP contribution >= 0.6 is 11.3 Å². The van der Waals surface area contributed by atoms with Crippen molar-refractivity contribution in [3.05, 3.63) is 5.01 Å². The first kappa shape index (κ1) is 14.1. The number of nitrogens with one attached hydrogen (secondary N) is 1. The summed E-state index contributed by atoms with van der Waals surface area (Å²) < 4.78 is 41.2. The fourth-order valence-corrected chi connectivity index (χ4v) is 1.67. The molecule has 1 unspecified atom stereocenters. The lowest BCUT2D eigenvalue weighted by atomic mass is 10.3. The quantitative estimate of drug-likeness (QED) is 0.818. The number of halogens is 3. The summed E-state index contributed by atoms with van der Waals surface area (Å²) in [5.74, 6) is 0. The number of aliphatic hydroxyl groups is 1. The van der Waals surface area contributed by atoms with Crippen molar-refractivity contribution in [2.75, 3.05) is 25.6 Å². The first-order valence-electron chi connectivity index (χ1n) is 4.75. The van der Waals surface area contributed by atoms with E-state index in [0.717, 1.165) is 0 Å². The number of aliphatic hydroxyl groups excluding tert-OH is 1. The van der Waals surface area contributed by atoms with Crippen LogP contribution in [0, 0.1) is 0 Å². The molecule has 9 heteroatoms. The van der Waals surface area contributed by atoms with Crippen molar-refractivity contribution in [1.29, 1.82) is 0 Å². The molecule has 0 aliphatic heterocycles. The zero-order valence-electron chi connectivity index (χ0n) is 8.99. The molecule has 0 radical (unpaired) electrons. The molecule has 1 rings (SSSR count). The Hall–Kier alpha value is -0.930. The molecule has 1 heterocycles. The number of hydrogen-bond acceptors (Lipinski definition) is 6. The lowest BCUT2D eigenvalue weighted by Gasteiger charge is -2.08. The maximum Gasteiger partial charge on any atom is 0.445 e. The largest absolute Gasteiger partial charge is 0.445 e. The maximum atomic E-state index is 12.2. The van der Waals surface area contributed by atoms with Gasteiger partial charge in [-0.1, -0.05) is 11.3 Å². The highest BCUT2D eigenvalue weighted by Gasteiger charge is 2.35. The van der Waals surface area contributed by atoms with Gasteiger partial charge in [0.05, 0.1) is 12.7 Å². The first-order valence-corrected chi connectivity index (χ1v) is 5.56. The van der Waals surface area contributed by atoms with Crippen LogP contribution in [0.15, 0.2) is 0 Å². The monoisotopic (exact) mass is 271 g/mol. The standard InChI is InChI=1S/C8H12F3N3O2S/c1-16-4-5(15)2-3-12-7-14-13-6(17-7)8(9,10)11/h5,15H,2-4H2,1H3,(H,12,14). The molecule has 17 heavy (non-hydrogen) atoms. The zero-order valence-corrected chi connectivity index (χ0v) is 9.81. The number of methoxy groups -OCH3 is 1. The highest BCUT2D eigenvalue weighted by molar-refractivity contribution is 7.15. The lowest BCUT2D eigenvalue weighted by molar-refractivity contribution is -0.138. The minimum absolute atomic E-state index is 0.0851. The predicted octanol–water partition coefficient (Wildman–Crippen LogP) is 1.37. The van der Waals surface area contributed by atoms with Crippen LogP contribution in [0.1, 0.15) is 11.4 Å². The van der Waals surface area contributed by atoms with Gasteiger partial charge in [-0.3, -0.25) is 0 Å². The molecule has 0 fully saturated rings. The third kappa shape index (κ3) is 4.84. The molecule has 1 atom stereocenters. The van der Waals surface area contributed by atoms with Crippen LogP contribution in [0.25, 0.3) is 0 Å². The summed E-state index contributed by atoms with van der Waals surface area (Å²) in [7, 11) is 1.46. The van der Waals surface area contributed by atoms with E-state index in [1.165, 1.54) is 7.11 Å². The Morgan fingerprint density at radius 3 is 2.71 bits per heavy atom. The number of ether oxygens (including phenoxy) is 1. The fourth-order valence-electron chi connectivity index (χ4n) is 1.03. The summed E-state index contributed by atoms with van der Waals surface area (Å²) in [4.78, 5) is 0. The van der Waals surface area contributed by atoms with Gasteiger partial charge in [-0.25, -0.2) is 0 Å². The number of aromatic nitrogens is 2. The van der Waals surface area contributed by atoms with Crippen LogP contribution in [-0.4, -0.2) is 41.7 Å². The van der Waals surface area contributed by atoms with Crippen molar-refractivity contribution in [3.8, 4) is 0 Å². The van der Waals surface area contributed by atoms with Crippen molar-refractivity contribution in [2.24, 2.45) is 0 Å². The Kier molecular flexibility index (Phi) is 5.09. The smallest absolute Gasteiger partial charge is 0.391 e. The van der Waals surface area contributed by atoms with Gasteiger partial charge in [0.2, 0.25) is 10.1 Å². The fraction of sp³-hybridized carbons (Fsp3) is 0.750. The minimum atomic E-state index is -4.47. The van der Waals surface area contributed by atoms with Gasteiger partial charge in [0.25, 0.3) is 0 Å². The maximum absolute atomic E-state index is 12.2. The van der Waals surface area contributed by atoms with Crippen LogP contribution in [0.2, 0.25) is 0 Å². The zero-order chi connectivity index (χ0) is 12.9. The molecule has 2 N–H and O–H groups in total. The highest BCUT2D eigenvalue weighted by Crippen LogP contribution is 2.32. The van der Waals surface area contributed by atoms with E-state index in [4.69, 9.17) is 4.74 Å². The Labute approximate surface area is 99.6 Å². The topological polar surface area (TPSA) is 67.3 Å². The minimum Gasteiger partial charge on any atom is -0.391 e. The van der Waals surface area contributed by atoms with Crippen molar-refractivity contribution >= 4 is 16.5 Å². The normalized spacial score (nSPS) is 13.7. The van der Waals surface area contributed by atoms with Gasteiger partial charge in [0.1, 0.15) is 0 Å². The van der Waals surface area contributed by atoms with E-state index in [-0.39, 0.29) is 11.7 Å². The summed E-state index contributed by atoms with van der Waals surface area (Å²) in [6.07, 6.45) is -4.76. The molecular formula is C8H12F3N3O2S. The average Bonchev–Trinajstić information content (AvgIpc) is 2.66. The second kappa shape index (κ2) is 6.12. The molecule has 0 aliphatic rings. The molecule has 0 saturated heterocycles. The Bertz CT molecular complexity index is 345. The van der Waals surface area contributed by atoms with E-state index < -0.39 is 17.3 Å². The number of anilines is 1. The molecule has 0 amide bonds. The molecule has 0 saturated carbocycles. The molecule has 0 bridgehead atoms. The van der Waals surface area contributed by atoms with Crippen LogP contribution < -0.4 is 5.32 Å². The Morgan fingerprint density at radius 1 is 1.47 bits per heavy atom. The highest BCUT2D eigenvalue weighted by atomic mass is 32.1. The molecule has 98 valence electrons. The van der Waals surface area contributed by atoms with E-state index in [1.54, 1.807) is 0 Å². The molecule has 0 spiro atoms. The SMILES string of the molecule is COCC(O)CCNc1nnc(C(F)(F)F)s1. The van der Waals surface area contributed by atoms with E-state index in [0.29, 0.717) is 24.3 Å². The summed E-state index contributed by atoms with van der Waals surface area (Å²) in [6.45, 7) is 0.489. The number of hydrogen-bond donors (Lipinski definition) is 2. The molecular weight excluding hydrogens is 259 g/mol. The van der Waals surface area contributed by atoms with Gasteiger partial charge in [-0.15, -0.1) is 10.2 Å². The van der Waals surface area contributed by atoms with Gasteiger partial charge < -0.3 is 15.2 Å². The van der Waals surface area contributed by atoms with Gasteiger partial charge in [-0.2, -0.15) is 13.2 Å².